The van der Waals surface area contributed by atoms with E-state index in [9.17, 15) is 23.6 Å². The summed E-state index contributed by atoms with van der Waals surface area (Å²) in [5.74, 6) is -0.00826. The Bertz CT molecular complexity index is 1230. The van der Waals surface area contributed by atoms with E-state index in [2.05, 4.69) is 15.2 Å². The van der Waals surface area contributed by atoms with Gasteiger partial charge in [0.2, 0.25) is 0 Å². The fourth-order valence-electron chi connectivity index (χ4n) is 2.46. The van der Waals surface area contributed by atoms with Gasteiger partial charge in [-0.1, -0.05) is 29.8 Å². The van der Waals surface area contributed by atoms with E-state index in [1.165, 1.54) is 36.5 Å². The lowest BCUT2D eigenvalue weighted by Gasteiger charge is -2.09. The summed E-state index contributed by atoms with van der Waals surface area (Å²) in [6.45, 7) is 0. The Kier molecular flexibility index (Phi) is 6.19. The molecule has 3 aromatic carbocycles. The number of phenols is 1. The van der Waals surface area contributed by atoms with Gasteiger partial charge in [-0.05, 0) is 42.5 Å². The van der Waals surface area contributed by atoms with Crippen LogP contribution in [0.2, 0.25) is 5.02 Å². The highest BCUT2D eigenvalue weighted by molar-refractivity contribution is 7.92. The smallest absolute Gasteiger partial charge is 0.295 e. The molecule has 0 spiro atoms. The topological polar surface area (TPSA) is 134 Å². The molecule has 3 N–H and O–H groups in total. The first-order valence-corrected chi connectivity index (χ1v) is 10.3. The molecule has 0 radical (unpaired) electrons. The molecule has 30 heavy (non-hydrogen) atoms. The third kappa shape index (κ3) is 5.04. The van der Waals surface area contributed by atoms with Crippen molar-refractivity contribution >= 4 is 44.9 Å². The average molecular weight is 447 g/mol. The van der Waals surface area contributed by atoms with Gasteiger partial charge < -0.3 is 5.11 Å². The van der Waals surface area contributed by atoms with Crippen LogP contribution in [-0.4, -0.2) is 24.7 Å². The number of nitrogens with one attached hydrogen (secondary N) is 2. The van der Waals surface area contributed by atoms with Gasteiger partial charge in [0, 0.05) is 16.7 Å². The molecule has 0 saturated carbocycles. The van der Waals surface area contributed by atoms with Gasteiger partial charge in [0.1, 0.15) is 11.4 Å². The van der Waals surface area contributed by atoms with Gasteiger partial charge in [0.25, 0.3) is 15.7 Å². The largest absolute Gasteiger partial charge is 0.507 e. The Labute approximate surface area is 176 Å². The molecular weight excluding hydrogens is 432 g/mol. The number of benzene rings is 3. The van der Waals surface area contributed by atoms with Crippen molar-refractivity contribution in [3.05, 3.63) is 87.4 Å². The van der Waals surface area contributed by atoms with Gasteiger partial charge in [-0.25, -0.2) is 8.42 Å². The van der Waals surface area contributed by atoms with Crippen LogP contribution in [0.5, 0.6) is 5.75 Å². The van der Waals surface area contributed by atoms with E-state index in [4.69, 9.17) is 11.6 Å². The molecule has 0 bridgehead atoms. The molecule has 0 unspecified atom stereocenters. The lowest BCUT2D eigenvalue weighted by Crippen LogP contribution is -2.13. The SMILES string of the molecule is O=[N+]([O-])c1cc(S(=O)(=O)Nc2cccc(Cl)c2)ccc1NN=Cc1ccccc1O. The molecule has 0 aromatic heterocycles. The van der Waals surface area contributed by atoms with Crippen molar-refractivity contribution in [2.75, 3.05) is 10.1 Å². The van der Waals surface area contributed by atoms with Gasteiger partial charge in [-0.2, -0.15) is 5.10 Å². The van der Waals surface area contributed by atoms with E-state index in [0.29, 0.717) is 10.6 Å². The number of hydrogen-bond donors (Lipinski definition) is 3. The van der Waals surface area contributed by atoms with Crippen LogP contribution in [0.3, 0.4) is 0 Å². The van der Waals surface area contributed by atoms with E-state index >= 15 is 0 Å². The Morgan fingerprint density at radius 1 is 1.07 bits per heavy atom. The molecule has 0 saturated heterocycles. The molecule has 154 valence electrons. The van der Waals surface area contributed by atoms with E-state index in [1.807, 2.05) is 0 Å². The van der Waals surface area contributed by atoms with E-state index in [-0.39, 0.29) is 22.0 Å². The van der Waals surface area contributed by atoms with Gasteiger partial charge in [-0.3, -0.25) is 20.3 Å². The van der Waals surface area contributed by atoms with Crippen LogP contribution in [-0.2, 0) is 10.0 Å². The molecule has 9 nitrogen and oxygen atoms in total. The lowest BCUT2D eigenvalue weighted by atomic mass is 10.2. The van der Waals surface area contributed by atoms with Crippen LogP contribution in [0.1, 0.15) is 5.56 Å². The first-order valence-electron chi connectivity index (χ1n) is 8.40. The first kappa shape index (κ1) is 21.1. The normalized spacial score (nSPS) is 11.4. The van der Waals surface area contributed by atoms with Crippen molar-refractivity contribution in [1.29, 1.82) is 0 Å². The number of phenolic OH excluding ortho intramolecular Hbond substituents is 1. The Morgan fingerprint density at radius 3 is 2.53 bits per heavy atom. The van der Waals surface area contributed by atoms with E-state index in [0.717, 1.165) is 6.07 Å². The second-order valence-electron chi connectivity index (χ2n) is 5.98. The number of hydrazone groups is 1. The van der Waals surface area contributed by atoms with Gasteiger partial charge in [0.15, 0.2) is 0 Å². The van der Waals surface area contributed by atoms with E-state index < -0.39 is 20.6 Å². The summed E-state index contributed by atoms with van der Waals surface area (Å²) in [5, 5.41) is 25.3. The quantitative estimate of drug-likeness (QED) is 0.283. The third-order valence-corrected chi connectivity index (χ3v) is 5.49. The number of para-hydroxylation sites is 1. The highest BCUT2D eigenvalue weighted by atomic mass is 35.5. The predicted octanol–water partition coefficient (Wildman–Crippen LogP) is 4.20. The fourth-order valence-corrected chi connectivity index (χ4v) is 3.72. The van der Waals surface area contributed by atoms with Crippen molar-refractivity contribution in [3.8, 4) is 5.75 Å². The van der Waals surface area contributed by atoms with Gasteiger partial charge in [-0.15, -0.1) is 0 Å². The van der Waals surface area contributed by atoms with Crippen LogP contribution in [0.15, 0.2) is 76.7 Å². The fraction of sp³-hybridized carbons (Fsp3) is 0. The number of halogens is 1. The molecule has 11 heteroatoms. The molecule has 3 rings (SSSR count). The number of aromatic hydroxyl groups is 1. The summed E-state index contributed by atoms with van der Waals surface area (Å²) in [6.07, 6.45) is 1.28. The van der Waals surface area contributed by atoms with Crippen molar-refractivity contribution in [2.45, 2.75) is 4.90 Å². The van der Waals surface area contributed by atoms with Crippen LogP contribution in [0.4, 0.5) is 17.1 Å². The summed E-state index contributed by atoms with van der Waals surface area (Å²) in [5.41, 5.74) is 2.60. The minimum absolute atomic E-state index is 0.00826. The third-order valence-electron chi connectivity index (χ3n) is 3.88. The average Bonchev–Trinajstić information content (AvgIpc) is 2.69. The minimum Gasteiger partial charge on any atom is -0.507 e. The minimum atomic E-state index is -4.08. The predicted molar refractivity (Wildman–Crippen MR) is 115 cm³/mol. The van der Waals surface area contributed by atoms with Gasteiger partial charge in [0.05, 0.1) is 21.7 Å². The molecule has 0 fully saturated rings. The standard InChI is InChI=1S/C19H15ClN4O5S/c20-14-5-3-6-15(10-14)23-30(28,29)16-8-9-17(18(11-16)24(26)27)22-21-12-13-4-1-2-7-19(13)25/h1-12,22-23,25H. The Morgan fingerprint density at radius 2 is 1.83 bits per heavy atom. The molecule has 3 aromatic rings. The number of nitrogens with zero attached hydrogens (tertiary/aromatic N) is 2. The molecule has 0 heterocycles. The number of sulfonamides is 1. The number of hydrogen-bond acceptors (Lipinski definition) is 7. The first-order chi connectivity index (χ1) is 14.3. The van der Waals surface area contributed by atoms with Crippen molar-refractivity contribution in [3.63, 3.8) is 0 Å². The van der Waals surface area contributed by atoms with Crippen LogP contribution >= 0.6 is 11.6 Å². The Balaban J connectivity index is 1.86. The molecule has 0 atom stereocenters. The summed E-state index contributed by atoms with van der Waals surface area (Å²) in [4.78, 5) is 10.4. The van der Waals surface area contributed by atoms with E-state index in [1.54, 1.807) is 30.3 Å². The molecule has 0 aliphatic rings. The zero-order chi connectivity index (χ0) is 21.7. The maximum Gasteiger partial charge on any atom is 0.295 e. The highest BCUT2D eigenvalue weighted by Gasteiger charge is 2.21. The lowest BCUT2D eigenvalue weighted by molar-refractivity contribution is -0.384. The monoisotopic (exact) mass is 446 g/mol. The number of nitro groups is 1. The Hall–Kier alpha value is -3.63. The van der Waals surface area contributed by atoms with Crippen LogP contribution in [0.25, 0.3) is 0 Å². The maximum absolute atomic E-state index is 12.6. The number of nitro benzene ring substituents is 1. The van der Waals surface area contributed by atoms with Crippen LogP contribution < -0.4 is 10.1 Å². The van der Waals surface area contributed by atoms with Crippen molar-refractivity contribution in [2.24, 2.45) is 5.10 Å². The van der Waals surface area contributed by atoms with Crippen molar-refractivity contribution < 1.29 is 18.4 Å². The van der Waals surface area contributed by atoms with Crippen molar-refractivity contribution in [1.82, 2.24) is 0 Å². The number of anilines is 2. The van der Waals surface area contributed by atoms with Crippen LogP contribution in [0, 0.1) is 10.1 Å². The second-order valence-corrected chi connectivity index (χ2v) is 8.10. The zero-order valence-corrected chi connectivity index (χ0v) is 16.8. The zero-order valence-electron chi connectivity index (χ0n) is 15.2. The summed E-state index contributed by atoms with van der Waals surface area (Å²) < 4.78 is 27.5. The molecule has 0 aliphatic carbocycles. The molecular formula is C19H15ClN4O5S. The van der Waals surface area contributed by atoms with Gasteiger partial charge >= 0.3 is 0 Å². The summed E-state index contributed by atoms with van der Waals surface area (Å²) in [6, 6.07) is 15.8. The summed E-state index contributed by atoms with van der Waals surface area (Å²) in [7, 11) is -4.08. The molecule has 0 amide bonds. The highest BCUT2D eigenvalue weighted by Crippen LogP contribution is 2.29. The number of rotatable bonds is 7. The summed E-state index contributed by atoms with van der Waals surface area (Å²) >= 11 is 5.85. The molecule has 0 aliphatic heterocycles. The maximum atomic E-state index is 12.6. The second kappa shape index (κ2) is 8.80.